The number of carbonyl (C=O) groups is 1. The van der Waals surface area contributed by atoms with E-state index in [-0.39, 0.29) is 5.91 Å². The maximum absolute atomic E-state index is 12.0. The van der Waals surface area contributed by atoms with Crippen LogP contribution in [-0.4, -0.2) is 36.8 Å². The zero-order valence-corrected chi connectivity index (χ0v) is 18.6. The summed E-state index contributed by atoms with van der Waals surface area (Å²) >= 11 is 1.98. The van der Waals surface area contributed by atoms with Crippen molar-refractivity contribution in [3.63, 3.8) is 0 Å². The number of rotatable bonds is 7. The van der Waals surface area contributed by atoms with Crippen LogP contribution in [0, 0.1) is 5.41 Å². The lowest BCUT2D eigenvalue weighted by atomic mass is 9.95. The van der Waals surface area contributed by atoms with Gasteiger partial charge in [0.15, 0.2) is 5.82 Å². The zero-order valence-electron chi connectivity index (χ0n) is 17.7. The minimum absolute atomic E-state index is 0.0231. The third kappa shape index (κ3) is 7.54. The molecule has 1 amide bonds. The average molecular weight is 402 g/mol. The van der Waals surface area contributed by atoms with Crippen LogP contribution in [0.1, 0.15) is 60.2 Å². The van der Waals surface area contributed by atoms with Crippen LogP contribution in [0.5, 0.6) is 0 Å². The van der Waals surface area contributed by atoms with E-state index in [2.05, 4.69) is 46.5 Å². The maximum atomic E-state index is 12.0. The van der Waals surface area contributed by atoms with Gasteiger partial charge in [0.2, 0.25) is 11.7 Å². The maximum Gasteiger partial charge on any atom is 0.229 e. The lowest BCUT2D eigenvalue weighted by molar-refractivity contribution is -0.123. The van der Waals surface area contributed by atoms with Gasteiger partial charge in [-0.05, 0) is 42.9 Å². The van der Waals surface area contributed by atoms with E-state index in [1.807, 2.05) is 56.8 Å². The van der Waals surface area contributed by atoms with E-state index in [1.54, 1.807) is 0 Å². The number of aryl methyl sites for hydroxylation is 1. The van der Waals surface area contributed by atoms with E-state index in [9.17, 15) is 4.79 Å². The van der Waals surface area contributed by atoms with Gasteiger partial charge < -0.3 is 5.32 Å². The Kier molecular flexibility index (Phi) is 7.52. The third-order valence-electron chi connectivity index (χ3n) is 3.93. The predicted molar refractivity (Wildman–Crippen MR) is 116 cm³/mol. The van der Waals surface area contributed by atoms with Crippen molar-refractivity contribution in [2.24, 2.45) is 5.41 Å². The summed E-state index contributed by atoms with van der Waals surface area (Å²) in [6, 6.07) is 7.40. The van der Waals surface area contributed by atoms with E-state index in [4.69, 9.17) is 0 Å². The summed E-state index contributed by atoms with van der Waals surface area (Å²) in [6.45, 7) is 12.3. The highest BCUT2D eigenvalue weighted by Crippen LogP contribution is 2.24. The molecule has 0 saturated heterocycles. The first-order valence-electron chi connectivity index (χ1n) is 9.67. The van der Waals surface area contributed by atoms with Crippen molar-refractivity contribution in [2.75, 3.05) is 11.1 Å². The van der Waals surface area contributed by atoms with Crippen molar-refractivity contribution < 1.29 is 4.79 Å². The van der Waals surface area contributed by atoms with Crippen LogP contribution < -0.4 is 5.32 Å². The van der Waals surface area contributed by atoms with Gasteiger partial charge in [0, 0.05) is 27.8 Å². The van der Waals surface area contributed by atoms with E-state index in [0.29, 0.717) is 16.4 Å². The van der Waals surface area contributed by atoms with Crippen LogP contribution in [-0.2, 0) is 11.2 Å². The molecule has 1 aromatic carbocycles. The van der Waals surface area contributed by atoms with Gasteiger partial charge >= 0.3 is 0 Å². The molecule has 0 aliphatic carbocycles. The normalized spacial score (nSPS) is 12.1. The Morgan fingerprint density at radius 2 is 1.54 bits per heavy atom. The third-order valence-corrected chi connectivity index (χ3v) is 5.29. The highest BCUT2D eigenvalue weighted by atomic mass is 32.2. The Balaban J connectivity index is 1.86. The fourth-order valence-corrected chi connectivity index (χ4v) is 3.21. The molecule has 0 atom stereocenters. The van der Waals surface area contributed by atoms with E-state index < -0.39 is 5.41 Å². The lowest BCUT2D eigenvalue weighted by Gasteiger charge is -2.17. The molecular weight excluding hydrogens is 370 g/mol. The molecule has 2 rings (SSSR count). The number of nitrogens with one attached hydrogen (secondary N) is 1. The number of unbranched alkanes of at least 4 members (excludes halogenated alkanes) is 1. The monoisotopic (exact) mass is 401 g/mol. The first kappa shape index (κ1) is 22.3. The van der Waals surface area contributed by atoms with Crippen LogP contribution in [0.25, 0.3) is 11.4 Å². The number of carbonyl (C=O) groups excluding carboxylic acids is 1. The quantitative estimate of drug-likeness (QED) is 0.673. The van der Waals surface area contributed by atoms with Gasteiger partial charge in [0.25, 0.3) is 0 Å². The summed E-state index contributed by atoms with van der Waals surface area (Å²) in [5.74, 6) is 2.28. The lowest BCUT2D eigenvalue weighted by Crippen LogP contribution is -2.27. The molecule has 7 heteroatoms. The van der Waals surface area contributed by atoms with Crippen LogP contribution in [0.3, 0.4) is 0 Å². The summed E-state index contributed by atoms with van der Waals surface area (Å²) in [7, 11) is 0. The molecule has 1 heterocycles. The SMILES string of the molecule is CC(C)(C)SCCCCc1nnc(-c2ccc(NC(=O)C(C)(C)C)cc2)nn1. The number of thioether (sulfide) groups is 1. The number of hydrogen-bond donors (Lipinski definition) is 1. The molecule has 28 heavy (non-hydrogen) atoms. The van der Waals surface area contributed by atoms with Crippen LogP contribution >= 0.6 is 11.8 Å². The van der Waals surface area contributed by atoms with Crippen molar-refractivity contribution in [3.8, 4) is 11.4 Å². The molecule has 0 bridgehead atoms. The fraction of sp³-hybridized carbons (Fsp3) is 0.571. The summed E-state index contributed by atoms with van der Waals surface area (Å²) in [5, 5.41) is 19.7. The Labute approximate surface area is 172 Å². The summed E-state index contributed by atoms with van der Waals surface area (Å²) in [6.07, 6.45) is 2.96. The second kappa shape index (κ2) is 9.45. The topological polar surface area (TPSA) is 80.7 Å². The zero-order chi connectivity index (χ0) is 20.8. The fourth-order valence-electron chi connectivity index (χ4n) is 2.25. The molecule has 0 aliphatic heterocycles. The number of hydrogen-bond acceptors (Lipinski definition) is 6. The highest BCUT2D eigenvalue weighted by Gasteiger charge is 2.21. The van der Waals surface area contributed by atoms with Crippen LogP contribution in [0.2, 0.25) is 0 Å². The Hall–Kier alpha value is -2.02. The molecule has 1 N–H and O–H groups in total. The molecule has 0 unspecified atom stereocenters. The van der Waals surface area contributed by atoms with E-state index in [0.717, 1.165) is 36.3 Å². The molecule has 6 nitrogen and oxygen atoms in total. The molecule has 0 saturated carbocycles. The molecule has 1 aromatic heterocycles. The summed E-state index contributed by atoms with van der Waals surface area (Å²) in [5.41, 5.74) is 1.13. The largest absolute Gasteiger partial charge is 0.326 e. The number of anilines is 1. The van der Waals surface area contributed by atoms with Gasteiger partial charge in [0.1, 0.15) is 0 Å². The van der Waals surface area contributed by atoms with Gasteiger partial charge in [-0.25, -0.2) is 0 Å². The first-order chi connectivity index (χ1) is 13.0. The van der Waals surface area contributed by atoms with E-state index in [1.165, 1.54) is 0 Å². The van der Waals surface area contributed by atoms with Gasteiger partial charge in [-0.3, -0.25) is 4.79 Å². The standard InChI is InChI=1S/C21H31N5OS/c1-20(2,3)19(27)22-16-12-10-15(11-13-16)18-25-23-17(24-26-18)9-7-8-14-28-21(4,5)6/h10-13H,7-9,14H2,1-6H3,(H,22,27). The smallest absolute Gasteiger partial charge is 0.229 e. The second-order valence-corrected chi connectivity index (χ2v) is 10.8. The predicted octanol–water partition coefficient (Wildman–Crippen LogP) is 4.77. The number of nitrogens with zero attached hydrogens (tertiary/aromatic N) is 4. The Bertz CT molecular complexity index is 761. The molecule has 2 aromatic rings. The molecule has 0 fully saturated rings. The minimum atomic E-state index is -0.434. The Morgan fingerprint density at radius 1 is 0.929 bits per heavy atom. The summed E-state index contributed by atoms with van der Waals surface area (Å²) in [4.78, 5) is 12.0. The van der Waals surface area contributed by atoms with Crippen molar-refractivity contribution in [1.29, 1.82) is 0 Å². The van der Waals surface area contributed by atoms with E-state index >= 15 is 0 Å². The second-order valence-electron chi connectivity index (χ2n) is 8.84. The number of benzene rings is 1. The Morgan fingerprint density at radius 3 is 2.07 bits per heavy atom. The van der Waals surface area contributed by atoms with Crippen molar-refractivity contribution in [1.82, 2.24) is 20.4 Å². The molecule has 0 spiro atoms. The van der Waals surface area contributed by atoms with Crippen LogP contribution in [0.4, 0.5) is 5.69 Å². The molecule has 152 valence electrons. The molecule has 0 aliphatic rings. The van der Waals surface area contributed by atoms with Gasteiger partial charge in [-0.2, -0.15) is 11.8 Å². The number of amides is 1. The van der Waals surface area contributed by atoms with Gasteiger partial charge in [0.05, 0.1) is 0 Å². The first-order valence-corrected chi connectivity index (χ1v) is 10.7. The average Bonchev–Trinajstić information content (AvgIpc) is 2.61. The number of aromatic nitrogens is 4. The van der Waals surface area contributed by atoms with Crippen molar-refractivity contribution in [3.05, 3.63) is 30.1 Å². The molecule has 0 radical (unpaired) electrons. The molecular formula is C21H31N5OS. The minimum Gasteiger partial charge on any atom is -0.326 e. The van der Waals surface area contributed by atoms with Gasteiger partial charge in [-0.1, -0.05) is 41.5 Å². The summed E-state index contributed by atoms with van der Waals surface area (Å²) < 4.78 is 0.312. The van der Waals surface area contributed by atoms with Crippen LogP contribution in [0.15, 0.2) is 24.3 Å². The highest BCUT2D eigenvalue weighted by molar-refractivity contribution is 8.00. The van der Waals surface area contributed by atoms with Crippen molar-refractivity contribution >= 4 is 23.4 Å². The van der Waals surface area contributed by atoms with Gasteiger partial charge in [-0.15, -0.1) is 20.4 Å². The van der Waals surface area contributed by atoms with Crippen molar-refractivity contribution in [2.45, 2.75) is 65.6 Å².